The second-order valence-corrected chi connectivity index (χ2v) is 7.62. The van der Waals surface area contributed by atoms with E-state index in [0.29, 0.717) is 13.1 Å². The van der Waals surface area contributed by atoms with Crippen molar-refractivity contribution >= 4 is 32.9 Å². The van der Waals surface area contributed by atoms with Crippen molar-refractivity contribution in [1.82, 2.24) is 10.3 Å². The lowest BCUT2D eigenvalue weighted by Gasteiger charge is -2.13. The molecule has 0 fully saturated rings. The first-order valence-electron chi connectivity index (χ1n) is 9.36. The molecule has 0 saturated heterocycles. The van der Waals surface area contributed by atoms with Crippen LogP contribution in [-0.2, 0) is 6.54 Å². The molecule has 0 bridgehead atoms. The Kier molecular flexibility index (Phi) is 5.67. The van der Waals surface area contributed by atoms with Crippen LogP contribution in [0.15, 0.2) is 66.2 Å². The molecule has 142 valence electrons. The predicted octanol–water partition coefficient (Wildman–Crippen LogP) is 5.10. The Morgan fingerprint density at radius 3 is 2.71 bits per heavy atom. The molecule has 5 heteroatoms. The highest BCUT2D eigenvalue weighted by Gasteiger charge is 2.10. The Hall–Kier alpha value is -2.73. The second-order valence-electron chi connectivity index (χ2n) is 6.71. The van der Waals surface area contributed by atoms with Gasteiger partial charge in [0.1, 0.15) is 5.52 Å². The van der Waals surface area contributed by atoms with Gasteiger partial charge in [0.05, 0.1) is 17.0 Å². The summed E-state index contributed by atoms with van der Waals surface area (Å²) in [6.07, 6.45) is 1.90. The summed E-state index contributed by atoms with van der Waals surface area (Å²) in [4.78, 5) is 4.67. The molecule has 3 N–H and O–H groups in total. The van der Waals surface area contributed by atoms with Gasteiger partial charge in [0.15, 0.2) is 0 Å². The van der Waals surface area contributed by atoms with Crippen LogP contribution >= 0.6 is 11.3 Å². The molecule has 28 heavy (non-hydrogen) atoms. The molecule has 0 saturated carbocycles. The van der Waals surface area contributed by atoms with Crippen LogP contribution in [-0.4, -0.2) is 23.2 Å². The third-order valence-electron chi connectivity index (χ3n) is 4.77. The lowest BCUT2D eigenvalue weighted by molar-refractivity contribution is 0.292. The van der Waals surface area contributed by atoms with Gasteiger partial charge in [-0.2, -0.15) is 0 Å². The van der Waals surface area contributed by atoms with Gasteiger partial charge >= 0.3 is 0 Å². The summed E-state index contributed by atoms with van der Waals surface area (Å²) in [6.45, 7) is 3.59. The maximum absolute atomic E-state index is 8.89. The van der Waals surface area contributed by atoms with Gasteiger partial charge < -0.3 is 15.7 Å². The number of aromatic nitrogens is 1. The van der Waals surface area contributed by atoms with Gasteiger partial charge in [-0.05, 0) is 41.3 Å². The van der Waals surface area contributed by atoms with Crippen LogP contribution in [0, 0.1) is 6.92 Å². The molecule has 2 aromatic carbocycles. The van der Waals surface area contributed by atoms with Gasteiger partial charge in [-0.15, -0.1) is 11.3 Å². The number of aliphatic hydroxyl groups is 1. The van der Waals surface area contributed by atoms with Crippen LogP contribution in [0.1, 0.15) is 11.1 Å². The van der Waals surface area contributed by atoms with Crippen LogP contribution in [0.25, 0.3) is 21.3 Å². The SMILES string of the molecule is Cc1c(Nc2csc3cc(CNCCO)cnc23)cccc1-c1ccccc1. The molecular weight excluding hydrogens is 366 g/mol. The van der Waals surface area contributed by atoms with Crippen LogP contribution in [0.4, 0.5) is 11.4 Å². The van der Waals surface area contributed by atoms with Crippen molar-refractivity contribution in [2.24, 2.45) is 0 Å². The van der Waals surface area contributed by atoms with E-state index in [1.165, 1.54) is 16.7 Å². The zero-order chi connectivity index (χ0) is 19.3. The average Bonchev–Trinajstić information content (AvgIpc) is 3.12. The smallest absolute Gasteiger partial charge is 0.104 e. The molecule has 0 radical (unpaired) electrons. The number of hydrogen-bond donors (Lipinski definition) is 3. The van der Waals surface area contributed by atoms with Crippen molar-refractivity contribution in [2.75, 3.05) is 18.5 Å². The molecule has 4 nitrogen and oxygen atoms in total. The molecule has 0 amide bonds. The molecule has 0 atom stereocenters. The van der Waals surface area contributed by atoms with E-state index in [-0.39, 0.29) is 6.61 Å². The quantitative estimate of drug-likeness (QED) is 0.385. The van der Waals surface area contributed by atoms with Crippen LogP contribution in [0.2, 0.25) is 0 Å². The zero-order valence-corrected chi connectivity index (χ0v) is 16.6. The van der Waals surface area contributed by atoms with E-state index in [9.17, 15) is 0 Å². The third-order valence-corrected chi connectivity index (χ3v) is 5.69. The van der Waals surface area contributed by atoms with E-state index in [2.05, 4.69) is 76.5 Å². The largest absolute Gasteiger partial charge is 0.395 e. The topological polar surface area (TPSA) is 57.2 Å². The van der Waals surface area contributed by atoms with Crippen molar-refractivity contribution < 1.29 is 5.11 Å². The number of rotatable bonds is 7. The number of nitrogens with zero attached hydrogens (tertiary/aromatic N) is 1. The minimum Gasteiger partial charge on any atom is -0.395 e. The summed E-state index contributed by atoms with van der Waals surface area (Å²) in [5.41, 5.74) is 7.90. The molecule has 4 aromatic rings. The molecule has 0 spiro atoms. The number of nitrogens with one attached hydrogen (secondary N) is 2. The Morgan fingerprint density at radius 2 is 1.89 bits per heavy atom. The number of hydrogen-bond acceptors (Lipinski definition) is 5. The van der Waals surface area contributed by atoms with E-state index in [1.807, 2.05) is 12.3 Å². The lowest BCUT2D eigenvalue weighted by Crippen LogP contribution is -2.17. The normalized spacial score (nSPS) is 11.1. The fourth-order valence-electron chi connectivity index (χ4n) is 3.30. The molecule has 0 aliphatic rings. The highest BCUT2D eigenvalue weighted by atomic mass is 32.1. The number of benzene rings is 2. The van der Waals surface area contributed by atoms with Gasteiger partial charge in [-0.3, -0.25) is 4.98 Å². The van der Waals surface area contributed by atoms with Crippen molar-refractivity contribution in [3.8, 4) is 11.1 Å². The number of fused-ring (bicyclic) bond motifs is 1. The summed E-state index contributed by atoms with van der Waals surface area (Å²) in [7, 11) is 0. The minimum absolute atomic E-state index is 0.143. The van der Waals surface area contributed by atoms with Crippen molar-refractivity contribution in [2.45, 2.75) is 13.5 Å². The summed E-state index contributed by atoms with van der Waals surface area (Å²) in [6, 6.07) is 19.0. The van der Waals surface area contributed by atoms with Crippen molar-refractivity contribution in [3.63, 3.8) is 0 Å². The van der Waals surface area contributed by atoms with E-state index >= 15 is 0 Å². The molecule has 2 aromatic heterocycles. The summed E-state index contributed by atoms with van der Waals surface area (Å²) in [5, 5.41) is 17.8. The molecule has 0 aliphatic heterocycles. The Labute approximate surface area is 168 Å². The van der Waals surface area contributed by atoms with E-state index in [4.69, 9.17) is 5.11 Å². The predicted molar refractivity (Wildman–Crippen MR) is 118 cm³/mol. The van der Waals surface area contributed by atoms with Crippen LogP contribution in [0.5, 0.6) is 0 Å². The summed E-state index contributed by atoms with van der Waals surface area (Å²) < 4.78 is 1.16. The standard InChI is InChI=1S/C23H23N3OS/c1-16-19(18-6-3-2-4-7-18)8-5-9-20(16)26-21-15-28-22-12-17(13-24-10-11-27)14-25-23(21)22/h2-9,12,14-15,24,26-27H,10-11,13H2,1H3. The van der Waals surface area contributed by atoms with E-state index < -0.39 is 0 Å². The fourth-order valence-corrected chi connectivity index (χ4v) is 4.21. The molecular formula is C23H23N3OS. The Bertz CT molecular complexity index is 1080. The van der Waals surface area contributed by atoms with Gasteiger partial charge in [-0.25, -0.2) is 0 Å². The minimum atomic E-state index is 0.143. The molecule has 4 rings (SSSR count). The summed E-state index contributed by atoms with van der Waals surface area (Å²) >= 11 is 1.69. The number of aliphatic hydroxyl groups excluding tert-OH is 1. The second kappa shape index (κ2) is 8.52. The van der Waals surface area contributed by atoms with Crippen molar-refractivity contribution in [1.29, 1.82) is 0 Å². The first kappa shape index (κ1) is 18.6. The van der Waals surface area contributed by atoms with Crippen LogP contribution < -0.4 is 10.6 Å². The Morgan fingerprint density at radius 1 is 1.04 bits per heavy atom. The average molecular weight is 390 g/mol. The molecule has 0 unspecified atom stereocenters. The zero-order valence-electron chi connectivity index (χ0n) is 15.8. The van der Waals surface area contributed by atoms with Gasteiger partial charge in [0.25, 0.3) is 0 Å². The molecule has 0 aliphatic carbocycles. The maximum Gasteiger partial charge on any atom is 0.104 e. The Balaban J connectivity index is 1.60. The lowest BCUT2D eigenvalue weighted by atomic mass is 9.99. The van der Waals surface area contributed by atoms with Gasteiger partial charge in [0, 0.05) is 30.4 Å². The number of anilines is 2. The maximum atomic E-state index is 8.89. The van der Waals surface area contributed by atoms with E-state index in [0.717, 1.165) is 27.2 Å². The number of pyridine rings is 1. The first-order valence-corrected chi connectivity index (χ1v) is 10.2. The van der Waals surface area contributed by atoms with Crippen LogP contribution in [0.3, 0.4) is 0 Å². The fraction of sp³-hybridized carbons (Fsp3) is 0.174. The van der Waals surface area contributed by atoms with Crippen molar-refractivity contribution in [3.05, 3.63) is 77.3 Å². The van der Waals surface area contributed by atoms with E-state index in [1.54, 1.807) is 11.3 Å². The molecule has 2 heterocycles. The number of thiophene rings is 1. The van der Waals surface area contributed by atoms with Gasteiger partial charge in [-0.1, -0.05) is 42.5 Å². The highest BCUT2D eigenvalue weighted by molar-refractivity contribution is 7.17. The third kappa shape index (κ3) is 3.92. The highest BCUT2D eigenvalue weighted by Crippen LogP contribution is 2.34. The monoisotopic (exact) mass is 389 g/mol. The first-order chi connectivity index (χ1) is 13.8. The van der Waals surface area contributed by atoms with Gasteiger partial charge in [0.2, 0.25) is 0 Å². The summed E-state index contributed by atoms with van der Waals surface area (Å²) in [5.74, 6) is 0.